The molecule has 0 bridgehead atoms. The second kappa shape index (κ2) is 11.5. The zero-order valence-corrected chi connectivity index (χ0v) is 20.7. The molecule has 184 valence electrons. The summed E-state index contributed by atoms with van der Waals surface area (Å²) in [5.41, 5.74) is 1.75. The van der Waals surface area contributed by atoms with Crippen LogP contribution in [0.3, 0.4) is 0 Å². The molecule has 1 unspecified atom stereocenters. The molecule has 0 saturated carbocycles. The molecule has 0 spiro atoms. The van der Waals surface area contributed by atoms with Gasteiger partial charge in [0, 0.05) is 0 Å². The number of sulfonamides is 1. The average molecular weight is 496 g/mol. The first-order valence-electron chi connectivity index (χ1n) is 11.1. The molecule has 0 aromatic heterocycles. The van der Waals surface area contributed by atoms with Gasteiger partial charge in [-0.2, -0.15) is 0 Å². The van der Waals surface area contributed by atoms with Gasteiger partial charge in [-0.3, -0.25) is 13.9 Å². The molecule has 0 saturated heterocycles. The van der Waals surface area contributed by atoms with Gasteiger partial charge >= 0.3 is 0 Å². The molecule has 3 aromatic rings. The van der Waals surface area contributed by atoms with E-state index < -0.39 is 22.5 Å². The Morgan fingerprint density at radius 1 is 0.943 bits per heavy atom. The van der Waals surface area contributed by atoms with Crippen LogP contribution < -0.4 is 19.7 Å². The van der Waals surface area contributed by atoms with Gasteiger partial charge in [0.2, 0.25) is 15.9 Å². The van der Waals surface area contributed by atoms with Crippen LogP contribution in [0.25, 0.3) is 0 Å². The van der Waals surface area contributed by atoms with E-state index >= 15 is 0 Å². The molecule has 0 aliphatic rings. The molecule has 0 aliphatic heterocycles. The predicted octanol–water partition coefficient (Wildman–Crippen LogP) is 3.98. The minimum atomic E-state index is -3.81. The number of hydrogen-bond donors (Lipinski definition) is 2. The number of benzene rings is 3. The Labute approximate surface area is 206 Å². The lowest BCUT2D eigenvalue weighted by atomic mass is 10.1. The summed E-state index contributed by atoms with van der Waals surface area (Å²) in [4.78, 5) is 25.9. The first-order valence-corrected chi connectivity index (χ1v) is 13.0. The van der Waals surface area contributed by atoms with Gasteiger partial charge in [0.15, 0.2) is 0 Å². The summed E-state index contributed by atoms with van der Waals surface area (Å²) in [5.74, 6) is -0.611. The van der Waals surface area contributed by atoms with Gasteiger partial charge in [-0.25, -0.2) is 8.42 Å². The lowest BCUT2D eigenvalue weighted by Gasteiger charge is -2.24. The number of carbonyl (C=O) groups is 2. The maximum absolute atomic E-state index is 13.0. The van der Waals surface area contributed by atoms with Gasteiger partial charge in [-0.15, -0.1) is 0 Å². The summed E-state index contributed by atoms with van der Waals surface area (Å²) < 4.78 is 31.6. The van der Waals surface area contributed by atoms with Crippen LogP contribution in [0.15, 0.2) is 78.9 Å². The Balaban J connectivity index is 1.79. The number of carbonyl (C=O) groups excluding carboxylic acids is 2. The molecule has 1 atom stereocenters. The summed E-state index contributed by atoms with van der Waals surface area (Å²) >= 11 is 0. The Morgan fingerprint density at radius 3 is 2.26 bits per heavy atom. The molecule has 0 fully saturated rings. The van der Waals surface area contributed by atoms with E-state index in [-0.39, 0.29) is 28.9 Å². The highest BCUT2D eigenvalue weighted by molar-refractivity contribution is 7.92. The number of nitrogens with zero attached hydrogens (tertiary/aromatic N) is 1. The van der Waals surface area contributed by atoms with Crippen molar-refractivity contribution >= 4 is 33.2 Å². The second-order valence-corrected chi connectivity index (χ2v) is 9.78. The predicted molar refractivity (Wildman–Crippen MR) is 137 cm³/mol. The maximum atomic E-state index is 13.0. The van der Waals surface area contributed by atoms with Crippen molar-refractivity contribution in [3.8, 4) is 5.75 Å². The third kappa shape index (κ3) is 6.83. The van der Waals surface area contributed by atoms with Crippen molar-refractivity contribution in [3.05, 3.63) is 90.0 Å². The zero-order chi connectivity index (χ0) is 25.4. The molecule has 0 heterocycles. The molecular weight excluding hydrogens is 466 g/mol. The Kier molecular flexibility index (Phi) is 8.48. The monoisotopic (exact) mass is 495 g/mol. The summed E-state index contributed by atoms with van der Waals surface area (Å²) in [6, 6.07) is 22.4. The van der Waals surface area contributed by atoms with Crippen LogP contribution in [0.4, 0.5) is 11.4 Å². The van der Waals surface area contributed by atoms with Crippen LogP contribution >= 0.6 is 0 Å². The fourth-order valence-corrected chi connectivity index (χ4v) is 4.39. The smallest absolute Gasteiger partial charge is 0.253 e. The molecule has 35 heavy (non-hydrogen) atoms. The number of ether oxygens (including phenoxy) is 1. The fraction of sp³-hybridized carbons (Fsp3) is 0.231. The van der Waals surface area contributed by atoms with Gasteiger partial charge in [0.05, 0.1) is 35.8 Å². The standard InChI is InChI=1S/C26H29N3O5S/c1-4-34-24-17-11-10-16-23(24)29(35(3,32)33)18-25(30)28-22-15-9-8-14-21(22)26(31)27-19(2)20-12-6-5-7-13-20/h5-17,19H,4,18H2,1-3H3,(H,27,31)(H,28,30). The van der Waals surface area contributed by atoms with Gasteiger partial charge < -0.3 is 15.4 Å². The van der Waals surface area contributed by atoms with E-state index in [0.29, 0.717) is 12.4 Å². The summed E-state index contributed by atoms with van der Waals surface area (Å²) in [6.45, 7) is 3.51. The van der Waals surface area contributed by atoms with Crippen molar-refractivity contribution < 1.29 is 22.7 Å². The van der Waals surface area contributed by atoms with E-state index in [1.54, 1.807) is 55.5 Å². The highest BCUT2D eigenvalue weighted by Gasteiger charge is 2.25. The quantitative estimate of drug-likeness (QED) is 0.443. The average Bonchev–Trinajstić information content (AvgIpc) is 2.83. The van der Waals surface area contributed by atoms with E-state index in [4.69, 9.17) is 4.74 Å². The van der Waals surface area contributed by atoms with Crippen LogP contribution in [0.5, 0.6) is 5.75 Å². The molecular formula is C26H29N3O5S. The molecule has 3 aromatic carbocycles. The van der Waals surface area contributed by atoms with Crippen molar-refractivity contribution in [2.24, 2.45) is 0 Å². The van der Waals surface area contributed by atoms with Crippen molar-refractivity contribution in [3.63, 3.8) is 0 Å². The van der Waals surface area contributed by atoms with E-state index in [9.17, 15) is 18.0 Å². The first-order chi connectivity index (χ1) is 16.7. The van der Waals surface area contributed by atoms with Crippen molar-refractivity contribution in [2.45, 2.75) is 19.9 Å². The topological polar surface area (TPSA) is 105 Å². The fourth-order valence-electron chi connectivity index (χ4n) is 3.53. The molecule has 3 rings (SSSR count). The van der Waals surface area contributed by atoms with Gasteiger partial charge in [-0.1, -0.05) is 54.6 Å². The van der Waals surface area contributed by atoms with E-state index in [0.717, 1.165) is 16.1 Å². The van der Waals surface area contributed by atoms with Crippen molar-refractivity contribution in [2.75, 3.05) is 29.0 Å². The van der Waals surface area contributed by atoms with Crippen LogP contribution in [0.1, 0.15) is 35.8 Å². The van der Waals surface area contributed by atoms with Crippen molar-refractivity contribution in [1.82, 2.24) is 5.32 Å². The highest BCUT2D eigenvalue weighted by Crippen LogP contribution is 2.30. The molecule has 2 N–H and O–H groups in total. The number of anilines is 2. The minimum Gasteiger partial charge on any atom is -0.492 e. The number of para-hydroxylation sites is 3. The third-order valence-corrected chi connectivity index (χ3v) is 6.34. The lowest BCUT2D eigenvalue weighted by Crippen LogP contribution is -2.38. The Bertz CT molecular complexity index is 1280. The van der Waals surface area contributed by atoms with Crippen LogP contribution in [-0.2, 0) is 14.8 Å². The SMILES string of the molecule is CCOc1ccccc1N(CC(=O)Nc1ccccc1C(=O)NC(C)c1ccccc1)S(C)(=O)=O. The van der Waals surface area contributed by atoms with Gasteiger partial charge in [0.1, 0.15) is 12.3 Å². The number of hydrogen-bond acceptors (Lipinski definition) is 5. The molecule has 0 radical (unpaired) electrons. The largest absolute Gasteiger partial charge is 0.492 e. The number of amides is 2. The van der Waals surface area contributed by atoms with Crippen LogP contribution in [-0.4, -0.2) is 39.6 Å². The highest BCUT2D eigenvalue weighted by atomic mass is 32.2. The van der Waals surface area contributed by atoms with Crippen LogP contribution in [0.2, 0.25) is 0 Å². The molecule has 2 amide bonds. The van der Waals surface area contributed by atoms with Gasteiger partial charge in [-0.05, 0) is 43.7 Å². The first kappa shape index (κ1) is 25.8. The maximum Gasteiger partial charge on any atom is 0.253 e. The number of nitrogens with one attached hydrogen (secondary N) is 2. The van der Waals surface area contributed by atoms with E-state index in [1.807, 2.05) is 37.3 Å². The normalized spacial score (nSPS) is 11.9. The summed E-state index contributed by atoms with van der Waals surface area (Å²) in [5, 5.41) is 5.61. The minimum absolute atomic E-state index is 0.247. The summed E-state index contributed by atoms with van der Waals surface area (Å²) in [7, 11) is -3.81. The molecule has 8 nitrogen and oxygen atoms in total. The van der Waals surface area contributed by atoms with Gasteiger partial charge in [0.25, 0.3) is 5.91 Å². The molecule has 0 aliphatic carbocycles. The van der Waals surface area contributed by atoms with E-state index in [2.05, 4.69) is 10.6 Å². The lowest BCUT2D eigenvalue weighted by molar-refractivity contribution is -0.114. The van der Waals surface area contributed by atoms with Crippen LogP contribution in [0, 0.1) is 0 Å². The third-order valence-electron chi connectivity index (χ3n) is 5.21. The second-order valence-electron chi connectivity index (χ2n) is 7.87. The Hall–Kier alpha value is -3.85. The number of rotatable bonds is 10. The summed E-state index contributed by atoms with van der Waals surface area (Å²) in [6.07, 6.45) is 1.02. The van der Waals surface area contributed by atoms with Crippen molar-refractivity contribution in [1.29, 1.82) is 0 Å². The Morgan fingerprint density at radius 2 is 1.57 bits per heavy atom. The zero-order valence-electron chi connectivity index (χ0n) is 19.9. The molecule has 9 heteroatoms. The van der Waals surface area contributed by atoms with E-state index in [1.165, 1.54) is 0 Å².